The van der Waals surface area contributed by atoms with Crippen molar-refractivity contribution >= 4 is 38.9 Å². The second-order valence-corrected chi connectivity index (χ2v) is 7.49. The molecule has 0 amide bonds. The summed E-state index contributed by atoms with van der Waals surface area (Å²) in [5.74, 6) is 0.974. The van der Waals surface area contributed by atoms with Gasteiger partial charge in [-0.3, -0.25) is 4.31 Å². The Morgan fingerprint density at radius 3 is 2.21 bits per heavy atom. The van der Waals surface area contributed by atoms with Gasteiger partial charge >= 0.3 is 0 Å². The molecule has 24 heavy (non-hydrogen) atoms. The van der Waals surface area contributed by atoms with Crippen LogP contribution in [0.1, 0.15) is 6.92 Å². The van der Waals surface area contributed by atoms with E-state index in [1.807, 2.05) is 6.92 Å². The van der Waals surface area contributed by atoms with Crippen molar-refractivity contribution < 1.29 is 17.9 Å². The third kappa shape index (κ3) is 3.55. The molecule has 0 heterocycles. The number of ether oxygens (including phenoxy) is 2. The number of nitrogens with zero attached hydrogens (tertiary/aromatic N) is 1. The minimum Gasteiger partial charge on any atom is -0.495 e. The van der Waals surface area contributed by atoms with Crippen molar-refractivity contribution in [1.29, 1.82) is 0 Å². The Labute approximate surface area is 151 Å². The summed E-state index contributed by atoms with van der Waals surface area (Å²) in [5, 5.41) is -0.0193. The number of halogens is 2. The lowest BCUT2D eigenvalue weighted by molar-refractivity contribution is 0.340. The average Bonchev–Trinajstić information content (AvgIpc) is 2.57. The summed E-state index contributed by atoms with van der Waals surface area (Å²) in [5.41, 5.74) is 0.474. The van der Waals surface area contributed by atoms with Gasteiger partial charge in [0.2, 0.25) is 0 Å². The normalized spacial score (nSPS) is 11.2. The van der Waals surface area contributed by atoms with Gasteiger partial charge in [0.15, 0.2) is 0 Å². The van der Waals surface area contributed by atoms with Crippen molar-refractivity contribution in [1.82, 2.24) is 0 Å². The Hall–Kier alpha value is -1.63. The molecule has 0 aliphatic carbocycles. The minimum absolute atomic E-state index is 0.0559. The predicted molar refractivity (Wildman–Crippen MR) is 96.2 cm³/mol. The third-order valence-corrected chi connectivity index (χ3v) is 6.19. The van der Waals surface area contributed by atoms with Crippen LogP contribution in [0.5, 0.6) is 11.5 Å². The molecule has 0 spiro atoms. The van der Waals surface area contributed by atoms with Crippen molar-refractivity contribution in [3.05, 3.63) is 46.4 Å². The molecule has 2 aromatic rings. The molecule has 0 saturated carbocycles. The van der Waals surface area contributed by atoms with Gasteiger partial charge in [-0.1, -0.05) is 23.2 Å². The Balaban J connectivity index is 2.41. The van der Waals surface area contributed by atoms with Crippen LogP contribution in [0.2, 0.25) is 10.0 Å². The summed E-state index contributed by atoms with van der Waals surface area (Å²) in [6.45, 7) is 2.41. The molecule has 0 fully saturated rings. The number of anilines is 1. The Morgan fingerprint density at radius 1 is 1.04 bits per heavy atom. The van der Waals surface area contributed by atoms with Crippen LogP contribution in [0.15, 0.2) is 41.3 Å². The predicted octanol–water partition coefficient (Wildman–Crippen LogP) is 4.23. The van der Waals surface area contributed by atoms with Crippen molar-refractivity contribution in [2.24, 2.45) is 0 Å². The topological polar surface area (TPSA) is 55.8 Å². The summed E-state index contributed by atoms with van der Waals surface area (Å²) in [4.78, 5) is -0.0913. The first-order chi connectivity index (χ1) is 11.3. The first-order valence-corrected chi connectivity index (χ1v) is 9.26. The summed E-state index contributed by atoms with van der Waals surface area (Å²) in [7, 11) is -1.00. The zero-order chi connectivity index (χ0) is 17.9. The van der Waals surface area contributed by atoms with E-state index in [4.69, 9.17) is 32.7 Å². The Morgan fingerprint density at radius 2 is 1.67 bits per heavy atom. The lowest BCUT2D eigenvalue weighted by atomic mass is 10.3. The number of rotatable bonds is 6. The van der Waals surface area contributed by atoms with Crippen LogP contribution in [0.25, 0.3) is 0 Å². The average molecular weight is 390 g/mol. The van der Waals surface area contributed by atoms with E-state index >= 15 is 0 Å². The zero-order valence-corrected chi connectivity index (χ0v) is 15.7. The van der Waals surface area contributed by atoms with Crippen molar-refractivity contribution in [2.45, 2.75) is 11.8 Å². The van der Waals surface area contributed by atoms with Crippen molar-refractivity contribution in [3.63, 3.8) is 0 Å². The van der Waals surface area contributed by atoms with Gasteiger partial charge in [-0.25, -0.2) is 8.42 Å². The molecule has 0 aromatic heterocycles. The molecule has 130 valence electrons. The van der Waals surface area contributed by atoms with Crippen LogP contribution in [0, 0.1) is 0 Å². The lowest BCUT2D eigenvalue weighted by Crippen LogP contribution is -2.26. The number of hydrogen-bond acceptors (Lipinski definition) is 4. The molecule has 0 unspecified atom stereocenters. The van der Waals surface area contributed by atoms with Crippen LogP contribution in [-0.2, 0) is 10.0 Å². The van der Waals surface area contributed by atoms with E-state index in [9.17, 15) is 8.42 Å². The van der Waals surface area contributed by atoms with E-state index in [0.29, 0.717) is 23.8 Å². The minimum atomic E-state index is -3.87. The maximum Gasteiger partial charge on any atom is 0.265 e. The number of sulfonamides is 1. The second-order valence-electron chi connectivity index (χ2n) is 4.79. The Kier molecular flexibility index (Phi) is 5.85. The van der Waals surface area contributed by atoms with Crippen LogP contribution >= 0.6 is 23.2 Å². The van der Waals surface area contributed by atoms with Gasteiger partial charge < -0.3 is 9.47 Å². The van der Waals surface area contributed by atoms with Crippen LogP contribution in [0.3, 0.4) is 0 Å². The van der Waals surface area contributed by atoms with Gasteiger partial charge in [0, 0.05) is 7.05 Å². The highest BCUT2D eigenvalue weighted by Gasteiger charge is 2.26. The van der Waals surface area contributed by atoms with Gasteiger partial charge in [0.25, 0.3) is 10.0 Å². The maximum absolute atomic E-state index is 12.8. The zero-order valence-electron chi connectivity index (χ0n) is 13.4. The van der Waals surface area contributed by atoms with Crippen molar-refractivity contribution in [3.8, 4) is 11.5 Å². The summed E-state index contributed by atoms with van der Waals surface area (Å²) < 4.78 is 37.2. The number of methoxy groups -OCH3 is 1. The molecule has 2 aromatic carbocycles. The highest BCUT2D eigenvalue weighted by molar-refractivity contribution is 7.93. The van der Waals surface area contributed by atoms with E-state index in [1.165, 1.54) is 26.3 Å². The highest BCUT2D eigenvalue weighted by atomic mass is 35.5. The molecule has 0 aliphatic heterocycles. The number of hydrogen-bond donors (Lipinski definition) is 0. The summed E-state index contributed by atoms with van der Waals surface area (Å²) in [6, 6.07) is 9.55. The van der Waals surface area contributed by atoms with E-state index in [1.54, 1.807) is 24.3 Å². The van der Waals surface area contributed by atoms with Crippen LogP contribution < -0.4 is 13.8 Å². The fourth-order valence-electron chi connectivity index (χ4n) is 2.08. The van der Waals surface area contributed by atoms with E-state index < -0.39 is 10.0 Å². The monoisotopic (exact) mass is 389 g/mol. The molecule has 5 nitrogen and oxygen atoms in total. The molecule has 0 N–H and O–H groups in total. The van der Waals surface area contributed by atoms with Crippen LogP contribution in [-0.4, -0.2) is 29.2 Å². The highest BCUT2D eigenvalue weighted by Crippen LogP contribution is 2.38. The van der Waals surface area contributed by atoms with Gasteiger partial charge in [-0.05, 0) is 43.3 Å². The molecule has 8 heteroatoms. The lowest BCUT2D eigenvalue weighted by Gasteiger charge is -2.21. The molecule has 0 bridgehead atoms. The first kappa shape index (κ1) is 18.7. The summed E-state index contributed by atoms with van der Waals surface area (Å²) in [6.07, 6.45) is 0. The molecule has 2 rings (SSSR count). The van der Waals surface area contributed by atoms with Gasteiger partial charge in [-0.15, -0.1) is 0 Å². The summed E-state index contributed by atoms with van der Waals surface area (Å²) >= 11 is 12.2. The number of benzene rings is 2. The third-order valence-electron chi connectivity index (χ3n) is 3.38. The molecule has 0 atom stereocenters. The van der Waals surface area contributed by atoms with E-state index in [0.717, 1.165) is 4.31 Å². The first-order valence-electron chi connectivity index (χ1n) is 7.06. The largest absolute Gasteiger partial charge is 0.495 e. The van der Waals surface area contributed by atoms with Crippen molar-refractivity contribution in [2.75, 3.05) is 25.1 Å². The maximum atomic E-state index is 12.8. The fourth-order valence-corrected chi connectivity index (χ4v) is 4.09. The standard InChI is InChI=1S/C16H17Cl2NO4S/c1-4-23-12-7-5-11(6-8-12)19(2)24(20,21)14-10-9-13(22-3)15(17)16(14)18/h5-10H,4H2,1-3H3. The van der Waals surface area contributed by atoms with Crippen LogP contribution in [0.4, 0.5) is 5.69 Å². The molecule has 0 saturated heterocycles. The molecular weight excluding hydrogens is 373 g/mol. The molecule has 0 radical (unpaired) electrons. The molecule has 0 aliphatic rings. The van der Waals surface area contributed by atoms with Gasteiger partial charge in [0.1, 0.15) is 21.4 Å². The molecular formula is C16H17Cl2NO4S. The fraction of sp³-hybridized carbons (Fsp3) is 0.250. The smallest absolute Gasteiger partial charge is 0.265 e. The quantitative estimate of drug-likeness (QED) is 0.741. The Bertz CT molecular complexity index is 823. The van der Waals surface area contributed by atoms with Gasteiger partial charge in [0.05, 0.1) is 24.4 Å². The van der Waals surface area contributed by atoms with E-state index in [2.05, 4.69) is 0 Å². The van der Waals surface area contributed by atoms with E-state index in [-0.39, 0.29) is 14.9 Å². The SMILES string of the molecule is CCOc1ccc(N(C)S(=O)(=O)c2ccc(OC)c(Cl)c2Cl)cc1. The second kappa shape index (κ2) is 7.51. The van der Waals surface area contributed by atoms with Gasteiger partial charge in [-0.2, -0.15) is 0 Å².